The van der Waals surface area contributed by atoms with Crippen LogP contribution in [0.4, 0.5) is 5.69 Å². The highest BCUT2D eigenvalue weighted by atomic mass is 32.2. The summed E-state index contributed by atoms with van der Waals surface area (Å²) < 4.78 is 22.1. The van der Waals surface area contributed by atoms with Gasteiger partial charge in [0.15, 0.2) is 11.5 Å². The van der Waals surface area contributed by atoms with Crippen molar-refractivity contribution in [2.75, 3.05) is 14.2 Å². The maximum Gasteiger partial charge on any atom is 0.284 e. The Morgan fingerprint density at radius 2 is 1.97 bits per heavy atom. The molecule has 154 valence electrons. The van der Waals surface area contributed by atoms with Crippen LogP contribution in [0.3, 0.4) is 0 Å². The van der Waals surface area contributed by atoms with Crippen molar-refractivity contribution in [1.29, 1.82) is 0 Å². The van der Waals surface area contributed by atoms with Crippen molar-refractivity contribution >= 4 is 17.4 Å². The van der Waals surface area contributed by atoms with E-state index >= 15 is 0 Å². The summed E-state index contributed by atoms with van der Waals surface area (Å²) in [6, 6.07) is 8.32. The number of aromatic nitrogens is 2. The van der Waals surface area contributed by atoms with Crippen LogP contribution >= 0.6 is 11.8 Å². The molecule has 9 nitrogen and oxygen atoms in total. The van der Waals surface area contributed by atoms with Crippen LogP contribution in [0.25, 0.3) is 11.7 Å². The number of nitrogens with zero attached hydrogens (tertiary/aromatic N) is 3. The zero-order chi connectivity index (χ0) is 21.0. The van der Waals surface area contributed by atoms with Gasteiger partial charge >= 0.3 is 0 Å². The minimum absolute atomic E-state index is 0.0442. The lowest BCUT2D eigenvalue weighted by atomic mass is 10.1. The maximum absolute atomic E-state index is 11.0. The summed E-state index contributed by atoms with van der Waals surface area (Å²) in [5.41, 5.74) is 1.73. The number of non-ortho nitro benzene ring substituents is 1. The summed E-state index contributed by atoms with van der Waals surface area (Å²) in [6.45, 7) is 3.90. The minimum atomic E-state index is -0.625. The van der Waals surface area contributed by atoms with E-state index in [0.29, 0.717) is 23.2 Å². The first-order chi connectivity index (χ1) is 14.0. The normalized spacial score (nSPS) is 12.4. The van der Waals surface area contributed by atoms with Crippen molar-refractivity contribution < 1.29 is 23.2 Å². The molecule has 0 saturated carbocycles. The molecule has 0 radical (unpaired) electrons. The quantitative estimate of drug-likeness (QED) is 0.206. The summed E-state index contributed by atoms with van der Waals surface area (Å²) in [6.07, 6.45) is 0.0770. The molecule has 3 aromatic rings. The molecule has 0 aliphatic carbocycles. The number of furan rings is 1. The predicted molar refractivity (Wildman–Crippen MR) is 106 cm³/mol. The predicted octanol–water partition coefficient (Wildman–Crippen LogP) is 4.94. The first-order valence-electron chi connectivity index (χ1n) is 8.89. The van der Waals surface area contributed by atoms with Crippen molar-refractivity contribution in [2.24, 2.45) is 0 Å². The van der Waals surface area contributed by atoms with E-state index < -0.39 is 11.2 Å². The topological polar surface area (TPSA) is 114 Å². The van der Waals surface area contributed by atoms with Gasteiger partial charge in [-0.25, -0.2) is 0 Å². The molecule has 2 aromatic heterocycles. The van der Waals surface area contributed by atoms with Crippen LogP contribution in [0.2, 0.25) is 0 Å². The molecule has 1 atom stereocenters. The Hall–Kier alpha value is -2.69. The molecule has 0 saturated heterocycles. The van der Waals surface area contributed by atoms with E-state index in [-0.39, 0.29) is 16.8 Å². The summed E-state index contributed by atoms with van der Waals surface area (Å²) in [5, 5.41) is 19.4. The monoisotopic (exact) mass is 419 g/mol. The van der Waals surface area contributed by atoms with Crippen molar-refractivity contribution in [2.45, 2.75) is 37.0 Å². The molecule has 0 amide bonds. The molecule has 1 aromatic carbocycles. The molecule has 0 aliphatic heterocycles. The molecule has 0 bridgehead atoms. The molecule has 10 heteroatoms. The first kappa shape index (κ1) is 21.0. The number of hydrogen-bond acceptors (Lipinski definition) is 9. The molecule has 0 fully saturated rings. The number of ether oxygens (including phenoxy) is 2. The van der Waals surface area contributed by atoms with Crippen molar-refractivity contribution in [3.05, 3.63) is 57.3 Å². The van der Waals surface area contributed by atoms with E-state index in [4.69, 9.17) is 18.3 Å². The van der Waals surface area contributed by atoms with E-state index in [1.54, 1.807) is 12.1 Å². The zero-order valence-electron chi connectivity index (χ0n) is 16.4. The number of thioether (sulfide) groups is 1. The Morgan fingerprint density at radius 1 is 1.21 bits per heavy atom. The van der Waals surface area contributed by atoms with Crippen LogP contribution in [0, 0.1) is 10.1 Å². The van der Waals surface area contributed by atoms with E-state index in [0.717, 1.165) is 11.1 Å². The van der Waals surface area contributed by atoms with Crippen molar-refractivity contribution in [1.82, 2.24) is 10.2 Å². The second kappa shape index (κ2) is 9.21. The lowest BCUT2D eigenvalue weighted by molar-refractivity contribution is -0.384. The largest absolute Gasteiger partial charge is 0.450 e. The number of nitro benzene ring substituents is 1. The highest BCUT2D eigenvalue weighted by Gasteiger charge is 2.23. The molecule has 0 aliphatic rings. The van der Waals surface area contributed by atoms with Gasteiger partial charge in [0.25, 0.3) is 16.8 Å². The van der Waals surface area contributed by atoms with Gasteiger partial charge in [-0.15, -0.1) is 10.2 Å². The Balaban J connectivity index is 1.80. The summed E-state index contributed by atoms with van der Waals surface area (Å²) in [7, 11) is 3.05. The van der Waals surface area contributed by atoms with Gasteiger partial charge in [-0.2, -0.15) is 0 Å². The fraction of sp³-hybridized carbons (Fsp3) is 0.368. The van der Waals surface area contributed by atoms with Gasteiger partial charge in [0, 0.05) is 37.2 Å². The average molecular weight is 419 g/mol. The number of methoxy groups -OCH3 is 2. The molecule has 2 heterocycles. The van der Waals surface area contributed by atoms with Crippen LogP contribution in [-0.2, 0) is 15.9 Å². The van der Waals surface area contributed by atoms with Crippen molar-refractivity contribution in [3.8, 4) is 11.7 Å². The first-order valence-corrected chi connectivity index (χ1v) is 9.77. The Morgan fingerprint density at radius 3 is 2.62 bits per heavy atom. The number of rotatable bonds is 9. The second-order valence-electron chi connectivity index (χ2n) is 6.15. The van der Waals surface area contributed by atoms with Gasteiger partial charge in [0.1, 0.15) is 0 Å². The van der Waals surface area contributed by atoms with Crippen molar-refractivity contribution in [3.63, 3.8) is 0 Å². The average Bonchev–Trinajstić information content (AvgIpc) is 3.36. The van der Waals surface area contributed by atoms with Gasteiger partial charge in [0.05, 0.1) is 4.92 Å². The molecule has 3 rings (SSSR count). The van der Waals surface area contributed by atoms with Crippen LogP contribution in [-0.4, -0.2) is 29.3 Å². The molecular weight excluding hydrogens is 398 g/mol. The van der Waals surface area contributed by atoms with Gasteiger partial charge in [-0.3, -0.25) is 10.1 Å². The third-order valence-corrected chi connectivity index (χ3v) is 5.29. The van der Waals surface area contributed by atoms with Gasteiger partial charge in [-0.1, -0.05) is 30.8 Å². The van der Waals surface area contributed by atoms with E-state index in [1.165, 1.54) is 32.0 Å². The highest BCUT2D eigenvalue weighted by molar-refractivity contribution is 7.99. The SMILES string of the molecule is CCc1cc(C(OC)OC)oc1-c1nnc(SC(C)c2cccc([N+](=O)[O-])c2)o1. The van der Waals surface area contributed by atoms with Gasteiger partial charge in [0.2, 0.25) is 6.29 Å². The summed E-state index contributed by atoms with van der Waals surface area (Å²) in [4.78, 5) is 10.6. The number of benzene rings is 1. The Kier molecular flexibility index (Phi) is 6.68. The van der Waals surface area contributed by atoms with Crippen LogP contribution in [0.15, 0.2) is 44.4 Å². The third-order valence-electron chi connectivity index (χ3n) is 4.30. The number of aryl methyl sites for hydroxylation is 1. The lowest BCUT2D eigenvalue weighted by Gasteiger charge is -2.09. The molecule has 1 unspecified atom stereocenters. The standard InChI is InChI=1S/C19H21N3O6S/c1-5-12-10-15(18(25-3)26-4)27-16(12)17-20-21-19(28-17)29-11(2)13-7-6-8-14(9-13)22(23)24/h6-11,18H,5H2,1-4H3. The van der Waals surface area contributed by atoms with E-state index in [1.807, 2.05) is 26.0 Å². The Bertz CT molecular complexity index is 982. The molecule has 29 heavy (non-hydrogen) atoms. The maximum atomic E-state index is 11.0. The fourth-order valence-electron chi connectivity index (χ4n) is 2.80. The van der Waals surface area contributed by atoms with Crippen LogP contribution in [0.1, 0.15) is 42.3 Å². The van der Waals surface area contributed by atoms with Gasteiger partial charge < -0.3 is 18.3 Å². The smallest absolute Gasteiger partial charge is 0.284 e. The highest BCUT2D eigenvalue weighted by Crippen LogP contribution is 2.37. The second-order valence-corrected chi connectivity index (χ2v) is 7.44. The van der Waals surface area contributed by atoms with Crippen LogP contribution in [0.5, 0.6) is 0 Å². The third kappa shape index (κ3) is 4.66. The molecule has 0 N–H and O–H groups in total. The molecular formula is C19H21N3O6S. The summed E-state index contributed by atoms with van der Waals surface area (Å²) in [5.74, 6) is 1.25. The Labute approximate surface area is 171 Å². The lowest BCUT2D eigenvalue weighted by Crippen LogP contribution is -2.01. The minimum Gasteiger partial charge on any atom is -0.450 e. The number of nitro groups is 1. The van der Waals surface area contributed by atoms with E-state index in [9.17, 15) is 10.1 Å². The summed E-state index contributed by atoms with van der Waals surface area (Å²) >= 11 is 1.31. The number of hydrogen-bond donors (Lipinski definition) is 0. The fourth-order valence-corrected chi connectivity index (χ4v) is 3.60. The van der Waals surface area contributed by atoms with E-state index in [2.05, 4.69) is 10.2 Å². The van der Waals surface area contributed by atoms with Crippen LogP contribution < -0.4 is 0 Å². The zero-order valence-corrected chi connectivity index (χ0v) is 17.3. The van der Waals surface area contributed by atoms with Gasteiger partial charge in [-0.05, 0) is 25.0 Å². The molecule has 0 spiro atoms.